The van der Waals surface area contributed by atoms with Gasteiger partial charge in [-0.25, -0.2) is 5.48 Å². The van der Waals surface area contributed by atoms with Gasteiger partial charge in [-0.3, -0.25) is 14.0 Å². The number of alkyl halides is 3. The van der Waals surface area contributed by atoms with E-state index in [9.17, 15) is 26.4 Å². The maximum atomic E-state index is 11.9. The molecule has 0 rings (SSSR count). The smallest absolute Gasteiger partial charge is 0.346 e. The fourth-order valence-electron chi connectivity index (χ4n) is 0.816. The Hall–Kier alpha value is -1.62. The van der Waals surface area contributed by atoms with Crippen molar-refractivity contribution in [3.05, 3.63) is 12.2 Å². The molecule has 0 heterocycles. The zero-order valence-electron chi connectivity index (χ0n) is 10.4. The molecule has 0 bridgehead atoms. The van der Waals surface area contributed by atoms with Gasteiger partial charge in [-0.1, -0.05) is 12.2 Å². The van der Waals surface area contributed by atoms with Crippen LogP contribution in [-0.2, 0) is 23.9 Å². The molecule has 0 unspecified atom stereocenters. The van der Waals surface area contributed by atoms with E-state index in [1.165, 1.54) is 19.1 Å². The number of nitrogens with one attached hydrogen (secondary N) is 1. The molecule has 0 aliphatic carbocycles. The average Bonchev–Trinajstić information content (AvgIpc) is 2.33. The van der Waals surface area contributed by atoms with E-state index in [0.29, 0.717) is 5.84 Å². The average molecular weight is 318 g/mol. The van der Waals surface area contributed by atoms with Gasteiger partial charge in [0.2, 0.25) is 0 Å². The normalized spacial score (nSPS) is 13.5. The fourth-order valence-corrected chi connectivity index (χ4v) is 1.27. The lowest BCUT2D eigenvalue weighted by Crippen LogP contribution is -2.25. The summed E-state index contributed by atoms with van der Waals surface area (Å²) in [6.07, 6.45) is 2.86. The summed E-state index contributed by atoms with van der Waals surface area (Å²) in [7, 11) is -5.54. The summed E-state index contributed by atoms with van der Waals surface area (Å²) in [4.78, 5) is 17.8. The third-order valence-corrected chi connectivity index (χ3v) is 2.71. The van der Waals surface area contributed by atoms with Crippen molar-refractivity contribution in [3.8, 4) is 0 Å². The maximum absolute atomic E-state index is 11.9. The van der Waals surface area contributed by atoms with Gasteiger partial charge in [0.1, 0.15) is 5.84 Å². The highest BCUT2D eigenvalue weighted by Crippen LogP contribution is 2.24. The summed E-state index contributed by atoms with van der Waals surface area (Å²) in [6.45, 7) is 1.25. The summed E-state index contributed by atoms with van der Waals surface area (Å²) >= 11 is 0. The molecular formula is C9H13F3N2O5S. The number of halogens is 3. The Labute approximate surface area is 113 Å². The van der Waals surface area contributed by atoms with Crippen LogP contribution in [0.25, 0.3) is 0 Å². The van der Waals surface area contributed by atoms with E-state index in [1.54, 1.807) is 0 Å². The van der Waals surface area contributed by atoms with E-state index >= 15 is 0 Å². The number of hydrogen-bond donors (Lipinski definition) is 1. The van der Waals surface area contributed by atoms with E-state index in [2.05, 4.69) is 19.5 Å². The molecule has 0 aromatic heterocycles. The molecule has 116 valence electrons. The standard InChI is InChI=1S/C9H13F3N2O5S/c1-8(14-18-7-15)13-5-3-2-4-6-19-20(16,17)9(10,11)12/h2-3,7H,4-6H2,1H3,(H,13,14)/b3-2-. The quantitative estimate of drug-likeness (QED) is 0.104. The lowest BCUT2D eigenvalue weighted by molar-refractivity contribution is -0.132. The van der Waals surface area contributed by atoms with Crippen molar-refractivity contribution < 1.29 is 35.4 Å². The topological polar surface area (TPSA) is 94.1 Å². The fraction of sp³-hybridized carbons (Fsp3) is 0.556. The monoisotopic (exact) mass is 318 g/mol. The zero-order valence-corrected chi connectivity index (χ0v) is 11.2. The number of rotatable bonds is 8. The molecule has 0 amide bonds. The van der Waals surface area contributed by atoms with Gasteiger partial charge in [0, 0.05) is 0 Å². The Balaban J connectivity index is 3.92. The van der Waals surface area contributed by atoms with Crippen LogP contribution in [0.5, 0.6) is 0 Å². The molecule has 11 heteroatoms. The highest BCUT2D eigenvalue weighted by Gasteiger charge is 2.47. The SMILES string of the molecule is CC(=NC/C=C\CCOS(=O)(=O)C(F)(F)F)NOC=O. The number of carbonyl (C=O) groups is 1. The second kappa shape index (κ2) is 8.53. The summed E-state index contributed by atoms with van der Waals surface area (Å²) in [5.74, 6) is 0.317. The van der Waals surface area contributed by atoms with Crippen LogP contribution in [0, 0.1) is 0 Å². The van der Waals surface area contributed by atoms with E-state index in [1.807, 2.05) is 0 Å². The molecule has 1 N–H and O–H groups in total. The van der Waals surface area contributed by atoms with Crippen LogP contribution in [0.15, 0.2) is 17.1 Å². The Bertz CT molecular complexity index is 459. The van der Waals surface area contributed by atoms with Gasteiger partial charge in [0.05, 0.1) is 13.2 Å². The van der Waals surface area contributed by atoms with Crippen molar-refractivity contribution >= 4 is 22.4 Å². The minimum absolute atomic E-state index is 0.0257. The lowest BCUT2D eigenvalue weighted by Gasteiger charge is -2.06. The van der Waals surface area contributed by atoms with Crippen molar-refractivity contribution in [1.82, 2.24) is 5.48 Å². The van der Waals surface area contributed by atoms with Gasteiger partial charge in [0.15, 0.2) is 0 Å². The molecule has 0 saturated carbocycles. The van der Waals surface area contributed by atoms with Crippen molar-refractivity contribution in [2.24, 2.45) is 4.99 Å². The Morgan fingerprint density at radius 2 is 2.00 bits per heavy atom. The van der Waals surface area contributed by atoms with Gasteiger partial charge < -0.3 is 4.84 Å². The molecule has 0 radical (unpaired) electrons. The molecule has 0 spiro atoms. The first-order valence-corrected chi connectivity index (χ1v) is 6.58. The maximum Gasteiger partial charge on any atom is 0.523 e. The van der Waals surface area contributed by atoms with Gasteiger partial charge in [-0.15, -0.1) is 0 Å². The second-order valence-electron chi connectivity index (χ2n) is 3.22. The van der Waals surface area contributed by atoms with Crippen molar-refractivity contribution in [1.29, 1.82) is 0 Å². The number of amidine groups is 1. The molecule has 0 fully saturated rings. The minimum atomic E-state index is -5.54. The number of carbonyl (C=O) groups excluding carboxylic acids is 1. The van der Waals surface area contributed by atoms with Crippen LogP contribution in [0.4, 0.5) is 13.2 Å². The van der Waals surface area contributed by atoms with Gasteiger partial charge in [-0.2, -0.15) is 21.6 Å². The molecule has 0 atom stereocenters. The van der Waals surface area contributed by atoms with Crippen LogP contribution >= 0.6 is 0 Å². The number of aliphatic imine (C=N–C) groups is 1. The van der Waals surface area contributed by atoms with Gasteiger partial charge >= 0.3 is 22.1 Å². The molecule has 0 aromatic rings. The minimum Gasteiger partial charge on any atom is -0.346 e. The Kier molecular flexibility index (Phi) is 7.84. The van der Waals surface area contributed by atoms with E-state index < -0.39 is 22.2 Å². The zero-order chi connectivity index (χ0) is 15.6. The molecule has 20 heavy (non-hydrogen) atoms. The molecular weight excluding hydrogens is 305 g/mol. The molecule has 0 aliphatic heterocycles. The molecule has 0 aliphatic rings. The first-order chi connectivity index (χ1) is 9.20. The van der Waals surface area contributed by atoms with Crippen LogP contribution in [0.3, 0.4) is 0 Å². The predicted molar refractivity (Wildman–Crippen MR) is 62.9 cm³/mol. The van der Waals surface area contributed by atoms with E-state index in [-0.39, 0.29) is 19.4 Å². The van der Waals surface area contributed by atoms with Crippen molar-refractivity contribution in [3.63, 3.8) is 0 Å². The number of hydroxylamine groups is 1. The summed E-state index contributed by atoms with van der Waals surface area (Å²) < 4.78 is 60.3. The van der Waals surface area contributed by atoms with E-state index in [4.69, 9.17) is 0 Å². The third-order valence-electron chi connectivity index (χ3n) is 1.66. The first kappa shape index (κ1) is 18.4. The van der Waals surface area contributed by atoms with Crippen LogP contribution in [0.2, 0.25) is 0 Å². The molecule has 0 saturated heterocycles. The van der Waals surface area contributed by atoms with Gasteiger partial charge in [-0.05, 0) is 13.3 Å². The predicted octanol–water partition coefficient (Wildman–Crippen LogP) is 0.895. The van der Waals surface area contributed by atoms with Crippen LogP contribution < -0.4 is 5.48 Å². The largest absolute Gasteiger partial charge is 0.523 e. The Morgan fingerprint density at radius 3 is 2.55 bits per heavy atom. The number of nitrogens with zero attached hydrogens (tertiary/aromatic N) is 1. The third kappa shape index (κ3) is 7.74. The van der Waals surface area contributed by atoms with Crippen molar-refractivity contribution in [2.75, 3.05) is 13.2 Å². The number of hydrogen-bond acceptors (Lipinski definition) is 6. The highest BCUT2D eigenvalue weighted by atomic mass is 32.2. The van der Waals surface area contributed by atoms with Crippen LogP contribution in [0.1, 0.15) is 13.3 Å². The van der Waals surface area contributed by atoms with E-state index in [0.717, 1.165) is 0 Å². The Morgan fingerprint density at radius 1 is 1.35 bits per heavy atom. The van der Waals surface area contributed by atoms with Gasteiger partial charge in [0.25, 0.3) is 0 Å². The summed E-state index contributed by atoms with van der Waals surface area (Å²) in [5, 5.41) is 0. The summed E-state index contributed by atoms with van der Waals surface area (Å²) in [5.41, 5.74) is -3.22. The molecule has 0 aromatic carbocycles. The lowest BCUT2D eigenvalue weighted by atomic mass is 10.4. The first-order valence-electron chi connectivity index (χ1n) is 5.17. The molecule has 7 nitrogen and oxygen atoms in total. The second-order valence-corrected chi connectivity index (χ2v) is 4.83. The van der Waals surface area contributed by atoms with Crippen LogP contribution in [-0.4, -0.2) is 39.4 Å². The van der Waals surface area contributed by atoms with Crippen molar-refractivity contribution in [2.45, 2.75) is 18.9 Å². The summed E-state index contributed by atoms with van der Waals surface area (Å²) in [6, 6.07) is 0. The highest BCUT2D eigenvalue weighted by molar-refractivity contribution is 7.87.